The van der Waals surface area contributed by atoms with E-state index < -0.39 is 0 Å². The van der Waals surface area contributed by atoms with Crippen LogP contribution in [0.15, 0.2) is 33.5 Å². The Morgan fingerprint density at radius 3 is 2.86 bits per heavy atom. The SMILES string of the molecule is COc1c(Cl)cccc1-c1noc(-c2conc2C2CC2)n1. The molecule has 7 heteroatoms. The minimum absolute atomic E-state index is 0.389. The van der Waals surface area contributed by atoms with Crippen LogP contribution in [0.25, 0.3) is 22.8 Å². The Morgan fingerprint density at radius 2 is 2.09 bits per heavy atom. The molecule has 0 atom stereocenters. The number of hydrogen-bond donors (Lipinski definition) is 0. The van der Waals surface area contributed by atoms with Gasteiger partial charge in [0.1, 0.15) is 17.6 Å². The van der Waals surface area contributed by atoms with Crippen molar-refractivity contribution in [3.63, 3.8) is 0 Å². The number of nitrogens with zero attached hydrogens (tertiary/aromatic N) is 3. The highest BCUT2D eigenvalue weighted by Gasteiger charge is 2.31. The predicted molar refractivity (Wildman–Crippen MR) is 78.8 cm³/mol. The van der Waals surface area contributed by atoms with Crippen molar-refractivity contribution in [3.8, 4) is 28.6 Å². The molecule has 2 aromatic heterocycles. The summed E-state index contributed by atoms with van der Waals surface area (Å²) in [5, 5.41) is 8.55. The van der Waals surface area contributed by atoms with Crippen molar-refractivity contribution in [3.05, 3.63) is 35.2 Å². The smallest absolute Gasteiger partial charge is 0.263 e. The standard InChI is InChI=1S/C15H12ClN3O3/c1-20-13-9(3-2-4-11(13)16)14-17-15(22-19-14)10-7-21-18-12(10)8-5-6-8/h2-4,7-8H,5-6H2,1H3. The fourth-order valence-electron chi connectivity index (χ4n) is 2.39. The van der Waals surface area contributed by atoms with Crippen LogP contribution in [-0.4, -0.2) is 22.4 Å². The second-order valence-corrected chi connectivity index (χ2v) is 5.54. The highest BCUT2D eigenvalue weighted by molar-refractivity contribution is 6.32. The summed E-state index contributed by atoms with van der Waals surface area (Å²) < 4.78 is 15.7. The zero-order valence-corrected chi connectivity index (χ0v) is 12.5. The zero-order chi connectivity index (χ0) is 15.1. The Kier molecular flexibility index (Phi) is 3.11. The zero-order valence-electron chi connectivity index (χ0n) is 11.7. The van der Waals surface area contributed by atoms with E-state index in [1.165, 1.54) is 0 Å². The van der Waals surface area contributed by atoms with Crippen LogP contribution in [0.2, 0.25) is 5.02 Å². The van der Waals surface area contributed by atoms with Crippen LogP contribution in [0.4, 0.5) is 0 Å². The Labute approximate surface area is 131 Å². The largest absolute Gasteiger partial charge is 0.494 e. The van der Waals surface area contributed by atoms with E-state index in [9.17, 15) is 0 Å². The number of methoxy groups -OCH3 is 1. The van der Waals surface area contributed by atoms with Crippen molar-refractivity contribution < 1.29 is 13.8 Å². The minimum atomic E-state index is 0.389. The van der Waals surface area contributed by atoms with Crippen molar-refractivity contribution in [2.75, 3.05) is 7.11 Å². The molecule has 0 saturated heterocycles. The second-order valence-electron chi connectivity index (χ2n) is 5.13. The van der Waals surface area contributed by atoms with Crippen molar-refractivity contribution in [2.24, 2.45) is 0 Å². The van der Waals surface area contributed by atoms with E-state index in [4.69, 9.17) is 25.4 Å². The first-order valence-electron chi connectivity index (χ1n) is 6.89. The predicted octanol–water partition coefficient (Wildman–Crippen LogP) is 3.93. The number of benzene rings is 1. The molecule has 6 nitrogen and oxygen atoms in total. The maximum Gasteiger partial charge on any atom is 0.263 e. The fourth-order valence-corrected chi connectivity index (χ4v) is 2.64. The molecule has 1 aromatic carbocycles. The molecule has 0 N–H and O–H groups in total. The third-order valence-corrected chi connectivity index (χ3v) is 3.93. The molecule has 22 heavy (non-hydrogen) atoms. The van der Waals surface area contributed by atoms with Crippen LogP contribution in [0.5, 0.6) is 5.75 Å². The van der Waals surface area contributed by atoms with Gasteiger partial charge in [0.15, 0.2) is 0 Å². The number of para-hydroxylation sites is 1. The summed E-state index contributed by atoms with van der Waals surface area (Å²) in [5.41, 5.74) is 2.31. The third-order valence-electron chi connectivity index (χ3n) is 3.63. The molecule has 3 aromatic rings. The van der Waals surface area contributed by atoms with E-state index in [0.29, 0.717) is 34.0 Å². The molecule has 2 heterocycles. The number of rotatable bonds is 4. The van der Waals surface area contributed by atoms with Gasteiger partial charge in [0.2, 0.25) is 5.82 Å². The van der Waals surface area contributed by atoms with Crippen LogP contribution < -0.4 is 4.74 Å². The maximum atomic E-state index is 6.12. The molecule has 0 aliphatic heterocycles. The number of ether oxygens (including phenoxy) is 1. The van der Waals surface area contributed by atoms with Crippen molar-refractivity contribution in [1.82, 2.24) is 15.3 Å². The number of aromatic nitrogens is 3. The van der Waals surface area contributed by atoms with Gasteiger partial charge in [0.25, 0.3) is 5.89 Å². The molecular formula is C15H12ClN3O3. The lowest BCUT2D eigenvalue weighted by atomic mass is 10.1. The first kappa shape index (κ1) is 13.3. The summed E-state index contributed by atoms with van der Waals surface area (Å²) in [7, 11) is 1.55. The van der Waals surface area contributed by atoms with Crippen molar-refractivity contribution in [1.29, 1.82) is 0 Å². The van der Waals surface area contributed by atoms with E-state index in [2.05, 4.69) is 15.3 Å². The molecule has 0 amide bonds. The van der Waals surface area contributed by atoms with Gasteiger partial charge >= 0.3 is 0 Å². The molecule has 0 bridgehead atoms. The fraction of sp³-hybridized carbons (Fsp3) is 0.267. The van der Waals surface area contributed by atoms with E-state index in [0.717, 1.165) is 24.1 Å². The molecule has 112 valence electrons. The first-order chi connectivity index (χ1) is 10.8. The second kappa shape index (κ2) is 5.14. The molecule has 0 radical (unpaired) electrons. The van der Waals surface area contributed by atoms with Crippen molar-refractivity contribution >= 4 is 11.6 Å². The number of halogens is 1. The molecular weight excluding hydrogens is 306 g/mol. The van der Waals surface area contributed by atoms with Crippen LogP contribution in [0.1, 0.15) is 24.5 Å². The van der Waals surface area contributed by atoms with E-state index in [1.54, 1.807) is 19.4 Å². The van der Waals surface area contributed by atoms with Crippen LogP contribution >= 0.6 is 11.6 Å². The van der Waals surface area contributed by atoms with Crippen LogP contribution in [0, 0.1) is 0 Å². The third kappa shape index (κ3) is 2.16. The Hall–Kier alpha value is -2.34. The van der Waals surface area contributed by atoms with E-state index in [-0.39, 0.29) is 0 Å². The average molecular weight is 318 g/mol. The Morgan fingerprint density at radius 1 is 1.23 bits per heavy atom. The highest BCUT2D eigenvalue weighted by Crippen LogP contribution is 2.43. The summed E-state index contributed by atoms with van der Waals surface area (Å²) in [6.07, 6.45) is 3.77. The van der Waals surface area contributed by atoms with Gasteiger partial charge in [-0.1, -0.05) is 28.0 Å². The summed E-state index contributed by atoms with van der Waals surface area (Å²) in [5.74, 6) is 1.76. The van der Waals surface area contributed by atoms with Gasteiger partial charge in [-0.2, -0.15) is 4.98 Å². The first-order valence-corrected chi connectivity index (χ1v) is 7.27. The molecule has 1 fully saturated rings. The van der Waals surface area contributed by atoms with Gasteiger partial charge in [0, 0.05) is 5.92 Å². The Balaban J connectivity index is 1.76. The molecule has 1 saturated carbocycles. The Bertz CT molecular complexity index is 823. The van der Waals surface area contributed by atoms with E-state index in [1.807, 2.05) is 12.1 Å². The lowest BCUT2D eigenvalue weighted by Gasteiger charge is -2.06. The average Bonchev–Trinajstić information content (AvgIpc) is 3.07. The van der Waals surface area contributed by atoms with Crippen molar-refractivity contribution in [2.45, 2.75) is 18.8 Å². The van der Waals surface area contributed by atoms with Crippen LogP contribution in [0.3, 0.4) is 0 Å². The van der Waals surface area contributed by atoms with Gasteiger partial charge in [-0.25, -0.2) is 0 Å². The van der Waals surface area contributed by atoms with Gasteiger partial charge in [0.05, 0.1) is 23.4 Å². The normalized spacial score (nSPS) is 14.3. The van der Waals surface area contributed by atoms with Gasteiger partial charge in [-0.05, 0) is 25.0 Å². The van der Waals surface area contributed by atoms with E-state index >= 15 is 0 Å². The summed E-state index contributed by atoms with van der Waals surface area (Å²) in [4.78, 5) is 4.43. The highest BCUT2D eigenvalue weighted by atomic mass is 35.5. The lowest BCUT2D eigenvalue weighted by Crippen LogP contribution is -1.90. The lowest BCUT2D eigenvalue weighted by molar-refractivity contribution is 0.410. The van der Waals surface area contributed by atoms with Gasteiger partial charge in [-0.3, -0.25) is 0 Å². The van der Waals surface area contributed by atoms with Gasteiger partial charge in [-0.15, -0.1) is 0 Å². The minimum Gasteiger partial charge on any atom is -0.494 e. The quantitative estimate of drug-likeness (QED) is 0.725. The molecule has 1 aliphatic rings. The van der Waals surface area contributed by atoms with Gasteiger partial charge < -0.3 is 13.8 Å². The summed E-state index contributed by atoms with van der Waals surface area (Å²) >= 11 is 6.12. The molecule has 0 spiro atoms. The monoisotopic (exact) mass is 317 g/mol. The molecule has 0 unspecified atom stereocenters. The maximum absolute atomic E-state index is 6.12. The van der Waals surface area contributed by atoms with Crippen LogP contribution in [-0.2, 0) is 0 Å². The molecule has 1 aliphatic carbocycles. The topological polar surface area (TPSA) is 74.2 Å². The summed E-state index contributed by atoms with van der Waals surface area (Å²) in [6.45, 7) is 0. The molecule has 4 rings (SSSR count). The summed E-state index contributed by atoms with van der Waals surface area (Å²) in [6, 6.07) is 5.39. The number of hydrogen-bond acceptors (Lipinski definition) is 6.